The molecule has 2 aliphatic heterocycles. The lowest BCUT2D eigenvalue weighted by atomic mass is 9.49. The molecule has 16 aliphatic carbocycles. The van der Waals surface area contributed by atoms with Crippen LogP contribution >= 0.6 is 0 Å². The third kappa shape index (κ3) is 31.8. The maximum absolute atomic E-state index is 12.9. The smallest absolute Gasteiger partial charge is 0.347 e. The molecule has 14 bridgehead atoms. The van der Waals surface area contributed by atoms with E-state index in [0.717, 1.165) is 140 Å². The number of rotatable bonds is 28. The van der Waals surface area contributed by atoms with Gasteiger partial charge in [0.1, 0.15) is 34.6 Å². The Labute approximate surface area is 831 Å². The van der Waals surface area contributed by atoms with E-state index in [9.17, 15) is 53.1 Å². The molecule has 18 fully saturated rings. The number of esters is 10. The first-order valence-corrected chi connectivity index (χ1v) is 49.1. The molecule has 1 N–H and O–H groups in total. The first kappa shape index (κ1) is 135. The molecule has 18 rings (SSSR count). The minimum atomic E-state index is -0.687. The van der Waals surface area contributed by atoms with Gasteiger partial charge in [0.25, 0.3) is 0 Å². The Morgan fingerprint density at radius 1 is 0.426 bits per heavy atom. The highest BCUT2D eigenvalue weighted by Gasteiger charge is 2.66. The number of carbonyl (C=O) groups excluding carboxylic acids is 10. The number of carbonyl (C=O) groups is 10. The first-order valence-electron chi connectivity index (χ1n) is 49.1. The van der Waals surface area contributed by atoms with Crippen molar-refractivity contribution in [1.82, 2.24) is 0 Å². The van der Waals surface area contributed by atoms with Gasteiger partial charge < -0.3 is 61.9 Å². The lowest BCUT2D eigenvalue weighted by molar-refractivity contribution is -0.253. The molecule has 2 saturated heterocycles. The summed E-state index contributed by atoms with van der Waals surface area (Å²) in [5.74, 6) is 3.16. The third-order valence-electron chi connectivity index (χ3n) is 33.4. The summed E-state index contributed by atoms with van der Waals surface area (Å²) < 4.78 is 68.0. The lowest BCUT2D eigenvalue weighted by Crippen LogP contribution is -2.62. The monoisotopic (exact) mass is 1940 g/mol. The summed E-state index contributed by atoms with van der Waals surface area (Å²) >= 11 is 0. The lowest BCUT2D eigenvalue weighted by Gasteiger charge is -2.61. The predicted molar refractivity (Wildman–Crippen MR) is 548 cm³/mol. The first-order chi connectivity index (χ1) is 58.0. The highest BCUT2D eigenvalue weighted by Crippen LogP contribution is 2.64. The van der Waals surface area contributed by atoms with Gasteiger partial charge in [-0.25, -0.2) is 14.4 Å². The second-order valence-corrected chi connectivity index (χ2v) is 45.3. The van der Waals surface area contributed by atoms with Crippen LogP contribution in [-0.2, 0) is 105 Å². The fourth-order valence-corrected chi connectivity index (χ4v) is 23.9. The molecular formula is C113H212O23. The predicted octanol–water partition coefficient (Wildman–Crippen LogP) is 27.8. The summed E-state index contributed by atoms with van der Waals surface area (Å²) in [6.45, 7) is 42.8. The second kappa shape index (κ2) is 53.8. The number of cyclic esters (lactones) is 1. The quantitative estimate of drug-likeness (QED) is 0.0432. The van der Waals surface area contributed by atoms with Gasteiger partial charge in [0.2, 0.25) is 12.4 Å². The van der Waals surface area contributed by atoms with E-state index in [1.165, 1.54) is 83.5 Å². The van der Waals surface area contributed by atoms with E-state index in [4.69, 9.17) is 56.8 Å². The molecule has 0 aromatic carbocycles. The van der Waals surface area contributed by atoms with E-state index in [1.807, 2.05) is 90.0 Å². The Hall–Kier alpha value is -5.42. The fraction of sp³-hybridized carbons (Fsp3) is 0.912. The molecule has 12 atom stereocenters. The van der Waals surface area contributed by atoms with Gasteiger partial charge in [-0.2, -0.15) is 0 Å². The molecule has 0 radical (unpaired) electrons. The van der Waals surface area contributed by atoms with Crippen LogP contribution in [-0.4, -0.2) is 148 Å². The molecule has 0 spiro atoms. The van der Waals surface area contributed by atoms with Gasteiger partial charge in [0.15, 0.2) is 12.7 Å². The van der Waals surface area contributed by atoms with Crippen molar-refractivity contribution in [3.63, 3.8) is 0 Å². The van der Waals surface area contributed by atoms with E-state index in [1.54, 1.807) is 41.5 Å². The van der Waals surface area contributed by atoms with Crippen LogP contribution in [0.15, 0.2) is 0 Å². The van der Waals surface area contributed by atoms with Crippen molar-refractivity contribution >= 4 is 59.7 Å². The molecule has 0 aromatic heterocycles. The van der Waals surface area contributed by atoms with Gasteiger partial charge in [-0.1, -0.05) is 170 Å². The summed E-state index contributed by atoms with van der Waals surface area (Å²) in [6.07, 6.45) is 35.6. The Morgan fingerprint density at radius 2 is 0.831 bits per heavy atom. The molecule has 16 saturated carbocycles. The number of hydrogen-bond donors (Lipinski definition) is 1. The van der Waals surface area contributed by atoms with Crippen LogP contribution in [0.3, 0.4) is 0 Å². The van der Waals surface area contributed by atoms with Crippen molar-refractivity contribution in [1.29, 1.82) is 0 Å². The molecule has 23 heteroatoms. The normalized spacial score (nSPS) is 31.6. The zero-order valence-electron chi connectivity index (χ0n) is 80.5. The molecule has 0 aromatic rings. The maximum atomic E-state index is 12.9. The van der Waals surface area contributed by atoms with Crippen molar-refractivity contribution in [2.45, 2.75) is 556 Å². The van der Waals surface area contributed by atoms with Crippen LogP contribution in [0.4, 0.5) is 0 Å². The summed E-state index contributed by atoms with van der Waals surface area (Å²) in [4.78, 5) is 121. The molecule has 12 unspecified atom stereocenters. The Balaban J connectivity index is -0.00000157. The standard InChI is InChI=1S/C27H44O6.C18H30O2.C16H22O6.C16H26O3.C14H26O2.C10H16O4.12CH4/c1-6-25(4,5)24(29)33-27-15-20-12-21(16-27)14-26(13-20,17-27)32-18(2)23(28)31-19(3)30-22-10-8-7-9-11-22;1-5-17(3,4)16(19)20-18(6-2)14-8-12-7-13(10-14)11-15(18)9-12;1-4-16(2,3)15(19)20-7-11(17)21-12-8-5-9-10(6-8)14(18)22-13(9)12;1-4-14(2,3)13(17)19-16-8-11-5-12(9-16)7-15(18,6-11)10-16;1-5-13(3,4)12(15)16-14(6-2)10-8-7-9-11-14;1-4-10(2,3)9(12)14-7-5-6-13-8(7)11;;;;;;;;;;;;/h18-22H,6-17H2,1-5H3;12-15H,5-11H2,1-4H3;8-10,12-13H,4-7H2,1-3H3;11-12,18H,4-10H2,1-3H3;5-11H2,1-4H3;7H,4-6H2,1-3H3;12*1H4. The average molecular weight is 1940 g/mol. The van der Waals surface area contributed by atoms with Crippen molar-refractivity contribution in [2.24, 2.45) is 97.6 Å². The highest BCUT2D eigenvalue weighted by molar-refractivity contribution is 5.83. The summed E-state index contributed by atoms with van der Waals surface area (Å²) in [5, 5.41) is 10.6. The maximum Gasteiger partial charge on any atom is 0.347 e. The van der Waals surface area contributed by atoms with Gasteiger partial charge in [-0.3, -0.25) is 33.6 Å². The van der Waals surface area contributed by atoms with Crippen LogP contribution in [0, 0.1) is 97.6 Å². The molecule has 23 nitrogen and oxygen atoms in total. The number of aliphatic hydroxyl groups is 1. The second-order valence-electron chi connectivity index (χ2n) is 45.3. The molecule has 2 heterocycles. The van der Waals surface area contributed by atoms with Crippen molar-refractivity contribution < 1.29 is 110 Å². The number of ether oxygens (including phenoxy) is 12. The van der Waals surface area contributed by atoms with Gasteiger partial charge in [0, 0.05) is 31.1 Å². The van der Waals surface area contributed by atoms with Crippen molar-refractivity contribution in [3.8, 4) is 0 Å². The van der Waals surface area contributed by atoms with Gasteiger partial charge in [-0.15, -0.1) is 0 Å². The Bertz CT molecular complexity index is 3650. The van der Waals surface area contributed by atoms with Gasteiger partial charge in [-0.05, 0) is 343 Å². The van der Waals surface area contributed by atoms with Crippen LogP contribution in [0.2, 0.25) is 0 Å². The fourth-order valence-electron chi connectivity index (χ4n) is 23.9. The van der Waals surface area contributed by atoms with Gasteiger partial charge >= 0.3 is 59.7 Å². The molecule has 136 heavy (non-hydrogen) atoms. The summed E-state index contributed by atoms with van der Waals surface area (Å²) in [6, 6.07) is 0. The van der Waals surface area contributed by atoms with Gasteiger partial charge in [0.05, 0.1) is 62.3 Å². The average Bonchev–Trinajstić information content (AvgIpc) is 1.13. The highest BCUT2D eigenvalue weighted by atomic mass is 16.7. The zero-order valence-corrected chi connectivity index (χ0v) is 80.5. The molecular weight excluding hydrogens is 1730 g/mol. The Kier molecular flexibility index (Phi) is 53.3. The van der Waals surface area contributed by atoms with Crippen LogP contribution in [0.1, 0.15) is 485 Å². The summed E-state index contributed by atoms with van der Waals surface area (Å²) in [5.41, 5.74) is -4.75. The zero-order chi connectivity index (χ0) is 91.4. The van der Waals surface area contributed by atoms with Crippen molar-refractivity contribution in [2.75, 3.05) is 13.2 Å². The van der Waals surface area contributed by atoms with E-state index < -0.39 is 74.9 Å². The summed E-state index contributed by atoms with van der Waals surface area (Å²) in [7, 11) is 0. The topological polar surface area (TPSA) is 302 Å². The van der Waals surface area contributed by atoms with Crippen LogP contribution < -0.4 is 0 Å². The van der Waals surface area contributed by atoms with E-state index in [0.29, 0.717) is 74.2 Å². The number of fused-ring (bicyclic) bond motifs is 1. The van der Waals surface area contributed by atoms with Crippen LogP contribution in [0.5, 0.6) is 0 Å². The van der Waals surface area contributed by atoms with E-state index in [-0.39, 0.29) is 201 Å². The SMILES string of the molecule is C.C.C.C.C.C.C.C.C.C.C.C.CCC(C)(C)C(=O)OC1(CC)C2CC3CC(C2)CC1C3.CCC(C)(C)C(=O)OC12CC3CC(C1)CC(OC(C)C(=O)OC(C)OC1CCCCC1)(C3)C2.CCC(C)(C)C(=O)OC12CC3CC(CC(O)(C3)C1)C2.CCC(C)(C)C(=O)OC1CCOC1=O.CCC(C)(C)C(=O)OCC(=O)OC1C2CC3C(=O)OC1C3C2.CCC1(OC(=O)C(C)(C)CC)CCCCC1. The van der Waals surface area contributed by atoms with E-state index >= 15 is 0 Å². The Morgan fingerprint density at radius 3 is 1.26 bits per heavy atom. The largest absolute Gasteiger partial charge is 0.463 e. The van der Waals surface area contributed by atoms with Crippen LogP contribution in [0.25, 0.3) is 0 Å². The molecule has 802 valence electrons. The number of hydrogen-bond acceptors (Lipinski definition) is 23. The third-order valence-corrected chi connectivity index (χ3v) is 33.4. The minimum absolute atomic E-state index is 0. The molecule has 0 amide bonds. The minimum Gasteiger partial charge on any atom is -0.463 e. The van der Waals surface area contributed by atoms with Crippen molar-refractivity contribution in [3.05, 3.63) is 0 Å². The molecule has 18 aliphatic rings. The van der Waals surface area contributed by atoms with E-state index in [2.05, 4.69) is 20.8 Å².